The smallest absolute Gasteiger partial charge is 0.134 e. The van der Waals surface area contributed by atoms with Crippen LogP contribution in [-0.4, -0.2) is 12.1 Å². The van der Waals surface area contributed by atoms with E-state index in [0.29, 0.717) is 0 Å². The monoisotopic (exact) mass is 240 g/mol. The maximum absolute atomic E-state index is 5.23. The molecule has 2 aromatic rings. The Hall–Kier alpha value is -0.910. The highest BCUT2D eigenvalue weighted by Gasteiger charge is 2.03. The number of hydrogen-bond donors (Lipinski definition) is 1. The molecule has 0 fully saturated rings. The van der Waals surface area contributed by atoms with Crippen molar-refractivity contribution in [2.75, 3.05) is 7.11 Å². The summed E-state index contributed by atoms with van der Waals surface area (Å²) in [7, 11) is 1.70. The molecule has 0 unspecified atom stereocenters. The van der Waals surface area contributed by atoms with Crippen LogP contribution in [0.5, 0.6) is 5.75 Å². The summed E-state index contributed by atoms with van der Waals surface area (Å²) < 4.78 is 5.23. The third-order valence-electron chi connectivity index (χ3n) is 1.99. The molecule has 80 valence electrons. The molecule has 0 saturated carbocycles. The van der Waals surface area contributed by atoms with E-state index in [-0.39, 0.29) is 0 Å². The van der Waals surface area contributed by atoms with Gasteiger partial charge in [-0.2, -0.15) is 0 Å². The predicted octanol–water partition coefficient (Wildman–Crippen LogP) is 2.50. The summed E-state index contributed by atoms with van der Waals surface area (Å²) in [6.45, 7) is 1.71. The molecule has 0 spiro atoms. The molecule has 2 heterocycles. The van der Waals surface area contributed by atoms with E-state index in [0.717, 1.165) is 18.8 Å². The molecule has 3 nitrogen and oxygen atoms in total. The van der Waals surface area contributed by atoms with Gasteiger partial charge in [0.25, 0.3) is 0 Å². The second-order valence-electron chi connectivity index (χ2n) is 2.98. The lowest BCUT2D eigenvalue weighted by Crippen LogP contribution is -2.11. The summed E-state index contributed by atoms with van der Waals surface area (Å²) >= 11 is 3.38. The van der Waals surface area contributed by atoms with Gasteiger partial charge in [-0.3, -0.25) is 4.98 Å². The SMILES string of the molecule is COc1ccsc1CNCc1cncs1. The van der Waals surface area contributed by atoms with Crippen molar-refractivity contribution in [2.24, 2.45) is 0 Å². The Morgan fingerprint density at radius 3 is 3.07 bits per heavy atom. The average Bonchev–Trinajstić information content (AvgIpc) is 2.88. The van der Waals surface area contributed by atoms with Crippen molar-refractivity contribution in [2.45, 2.75) is 13.1 Å². The van der Waals surface area contributed by atoms with Crippen LogP contribution in [0, 0.1) is 0 Å². The zero-order chi connectivity index (χ0) is 10.5. The lowest BCUT2D eigenvalue weighted by molar-refractivity contribution is 0.410. The molecule has 0 radical (unpaired) electrons. The Morgan fingerprint density at radius 2 is 2.33 bits per heavy atom. The van der Waals surface area contributed by atoms with E-state index in [1.165, 1.54) is 9.75 Å². The fraction of sp³-hybridized carbons (Fsp3) is 0.300. The van der Waals surface area contributed by atoms with Crippen molar-refractivity contribution < 1.29 is 4.74 Å². The van der Waals surface area contributed by atoms with Crippen molar-refractivity contribution in [3.8, 4) is 5.75 Å². The van der Waals surface area contributed by atoms with Crippen molar-refractivity contribution in [3.63, 3.8) is 0 Å². The van der Waals surface area contributed by atoms with Gasteiger partial charge >= 0.3 is 0 Å². The zero-order valence-electron chi connectivity index (χ0n) is 8.40. The van der Waals surface area contributed by atoms with E-state index in [1.807, 2.05) is 23.2 Å². The number of hydrogen-bond acceptors (Lipinski definition) is 5. The lowest BCUT2D eigenvalue weighted by atomic mass is 10.4. The maximum Gasteiger partial charge on any atom is 0.134 e. The number of nitrogens with one attached hydrogen (secondary N) is 1. The minimum absolute atomic E-state index is 0.846. The Morgan fingerprint density at radius 1 is 1.40 bits per heavy atom. The first-order chi connectivity index (χ1) is 7.40. The van der Waals surface area contributed by atoms with Gasteiger partial charge < -0.3 is 10.1 Å². The molecule has 15 heavy (non-hydrogen) atoms. The van der Waals surface area contributed by atoms with E-state index in [2.05, 4.69) is 10.3 Å². The van der Waals surface area contributed by atoms with E-state index < -0.39 is 0 Å². The molecule has 1 N–H and O–H groups in total. The minimum atomic E-state index is 0.846. The molecule has 0 aliphatic carbocycles. The second-order valence-corrected chi connectivity index (χ2v) is 4.96. The average molecular weight is 240 g/mol. The number of nitrogens with zero attached hydrogens (tertiary/aromatic N) is 1. The molecule has 2 aromatic heterocycles. The van der Waals surface area contributed by atoms with Crippen LogP contribution in [0.15, 0.2) is 23.2 Å². The Balaban J connectivity index is 1.83. The second kappa shape index (κ2) is 5.25. The predicted molar refractivity (Wildman–Crippen MR) is 63.5 cm³/mol. The van der Waals surface area contributed by atoms with Crippen molar-refractivity contribution in [1.29, 1.82) is 0 Å². The number of methoxy groups -OCH3 is 1. The van der Waals surface area contributed by atoms with Gasteiger partial charge in [0.1, 0.15) is 5.75 Å². The molecular formula is C10H12N2OS2. The molecule has 5 heteroatoms. The molecule has 0 aliphatic rings. The van der Waals surface area contributed by atoms with Crippen LogP contribution in [0.3, 0.4) is 0 Å². The van der Waals surface area contributed by atoms with Crippen LogP contribution in [0.2, 0.25) is 0 Å². The lowest BCUT2D eigenvalue weighted by Gasteiger charge is -2.03. The molecule has 0 aromatic carbocycles. The number of rotatable bonds is 5. The topological polar surface area (TPSA) is 34.1 Å². The Bertz CT molecular complexity index is 397. The van der Waals surface area contributed by atoms with Gasteiger partial charge in [0, 0.05) is 24.2 Å². The number of aromatic nitrogens is 1. The molecule has 0 saturated heterocycles. The maximum atomic E-state index is 5.23. The summed E-state index contributed by atoms with van der Waals surface area (Å²) in [5.74, 6) is 0.969. The van der Waals surface area contributed by atoms with Crippen LogP contribution < -0.4 is 10.1 Å². The Kier molecular flexibility index (Phi) is 3.71. The van der Waals surface area contributed by atoms with Crippen molar-refractivity contribution >= 4 is 22.7 Å². The third-order valence-corrected chi connectivity index (χ3v) is 3.67. The van der Waals surface area contributed by atoms with E-state index in [9.17, 15) is 0 Å². The molecular weight excluding hydrogens is 228 g/mol. The number of ether oxygens (including phenoxy) is 1. The fourth-order valence-corrected chi connectivity index (χ4v) is 2.64. The summed E-state index contributed by atoms with van der Waals surface area (Å²) in [5, 5.41) is 5.41. The summed E-state index contributed by atoms with van der Waals surface area (Å²) in [4.78, 5) is 6.52. The number of thiophene rings is 1. The standard InChI is InChI=1S/C10H12N2OS2/c1-13-9-2-3-14-10(9)6-11-4-8-5-12-7-15-8/h2-3,5,7,11H,4,6H2,1H3. The highest BCUT2D eigenvalue weighted by atomic mass is 32.1. The normalized spacial score (nSPS) is 10.5. The van der Waals surface area contributed by atoms with Gasteiger partial charge in [0.05, 0.1) is 17.5 Å². The van der Waals surface area contributed by atoms with Gasteiger partial charge in [-0.25, -0.2) is 0 Å². The van der Waals surface area contributed by atoms with Gasteiger partial charge in [-0.15, -0.1) is 22.7 Å². The van der Waals surface area contributed by atoms with Gasteiger partial charge in [-0.05, 0) is 11.4 Å². The highest BCUT2D eigenvalue weighted by molar-refractivity contribution is 7.10. The van der Waals surface area contributed by atoms with Gasteiger partial charge in [0.2, 0.25) is 0 Å². The third kappa shape index (κ3) is 2.77. The zero-order valence-corrected chi connectivity index (χ0v) is 10.0. The highest BCUT2D eigenvalue weighted by Crippen LogP contribution is 2.24. The first-order valence-electron chi connectivity index (χ1n) is 4.58. The van der Waals surface area contributed by atoms with Crippen molar-refractivity contribution in [1.82, 2.24) is 10.3 Å². The molecule has 2 rings (SSSR count). The largest absolute Gasteiger partial charge is 0.496 e. The molecule has 0 amide bonds. The fourth-order valence-electron chi connectivity index (χ4n) is 1.27. The number of thiazole rings is 1. The van der Waals surface area contributed by atoms with E-state index in [4.69, 9.17) is 4.74 Å². The van der Waals surface area contributed by atoms with Gasteiger partial charge in [0.15, 0.2) is 0 Å². The van der Waals surface area contributed by atoms with Crippen LogP contribution in [0.1, 0.15) is 9.75 Å². The van der Waals surface area contributed by atoms with Crippen LogP contribution in [0.25, 0.3) is 0 Å². The van der Waals surface area contributed by atoms with Crippen LogP contribution in [-0.2, 0) is 13.1 Å². The molecule has 0 atom stereocenters. The minimum Gasteiger partial charge on any atom is -0.496 e. The molecule has 0 aliphatic heterocycles. The summed E-state index contributed by atoms with van der Waals surface area (Å²) in [6, 6.07) is 1.99. The first-order valence-corrected chi connectivity index (χ1v) is 6.34. The quantitative estimate of drug-likeness (QED) is 0.872. The van der Waals surface area contributed by atoms with E-state index in [1.54, 1.807) is 29.8 Å². The van der Waals surface area contributed by atoms with Gasteiger partial charge in [-0.1, -0.05) is 0 Å². The first kappa shape index (κ1) is 10.6. The molecule has 0 bridgehead atoms. The van der Waals surface area contributed by atoms with Crippen LogP contribution in [0.4, 0.5) is 0 Å². The summed E-state index contributed by atoms with van der Waals surface area (Å²) in [5.41, 5.74) is 1.85. The van der Waals surface area contributed by atoms with E-state index >= 15 is 0 Å². The van der Waals surface area contributed by atoms with Crippen molar-refractivity contribution in [3.05, 3.63) is 32.9 Å². The Labute approximate surface area is 96.7 Å². The van der Waals surface area contributed by atoms with Crippen LogP contribution >= 0.6 is 22.7 Å². The summed E-state index contributed by atoms with van der Waals surface area (Å²) in [6.07, 6.45) is 1.89.